The van der Waals surface area contributed by atoms with Crippen LogP contribution >= 0.6 is 0 Å². The molecule has 27 heavy (non-hydrogen) atoms. The van der Waals surface area contributed by atoms with Crippen molar-refractivity contribution in [3.8, 4) is 0 Å². The van der Waals surface area contributed by atoms with Crippen molar-refractivity contribution in [3.05, 3.63) is 34.9 Å². The molecule has 2 rings (SSSR count). The fourth-order valence-electron chi connectivity index (χ4n) is 4.26. The van der Waals surface area contributed by atoms with Crippen molar-refractivity contribution < 1.29 is 4.79 Å². The molecule has 0 fully saturated rings. The number of hydrogen-bond donors (Lipinski definition) is 1. The lowest BCUT2D eigenvalue weighted by molar-refractivity contribution is 0.0951. The van der Waals surface area contributed by atoms with Gasteiger partial charge in [0.05, 0.1) is 0 Å². The SMILES string of the molecule is CCCCCCCCCCCCCCNC(=O)c1cccc2c1CCCC2. The lowest BCUT2D eigenvalue weighted by atomic mass is 9.88. The summed E-state index contributed by atoms with van der Waals surface area (Å²) in [6.45, 7) is 3.10. The number of carbonyl (C=O) groups is 1. The van der Waals surface area contributed by atoms with Gasteiger partial charge in [0.15, 0.2) is 0 Å². The van der Waals surface area contributed by atoms with Gasteiger partial charge in [-0.25, -0.2) is 0 Å². The Morgan fingerprint density at radius 3 is 2.07 bits per heavy atom. The maximum Gasteiger partial charge on any atom is 0.251 e. The van der Waals surface area contributed by atoms with E-state index in [0.29, 0.717) is 0 Å². The maximum atomic E-state index is 12.5. The molecule has 1 aromatic carbocycles. The molecule has 1 N–H and O–H groups in total. The molecule has 0 saturated heterocycles. The lowest BCUT2D eigenvalue weighted by Crippen LogP contribution is -2.26. The van der Waals surface area contributed by atoms with E-state index in [1.165, 1.54) is 94.6 Å². The van der Waals surface area contributed by atoms with Crippen LogP contribution in [0.25, 0.3) is 0 Å². The lowest BCUT2D eigenvalue weighted by Gasteiger charge is -2.18. The minimum Gasteiger partial charge on any atom is -0.352 e. The van der Waals surface area contributed by atoms with Crippen LogP contribution in [0.4, 0.5) is 0 Å². The van der Waals surface area contributed by atoms with Gasteiger partial charge >= 0.3 is 0 Å². The Kier molecular flexibility index (Phi) is 11.2. The summed E-state index contributed by atoms with van der Waals surface area (Å²) in [7, 11) is 0. The van der Waals surface area contributed by atoms with Gasteiger partial charge in [0.25, 0.3) is 5.91 Å². The van der Waals surface area contributed by atoms with E-state index in [1.54, 1.807) is 0 Å². The molecule has 152 valence electrons. The van der Waals surface area contributed by atoms with Gasteiger partial charge in [-0.3, -0.25) is 4.79 Å². The second-order valence-corrected chi connectivity index (χ2v) is 8.30. The summed E-state index contributed by atoms with van der Waals surface area (Å²) < 4.78 is 0. The predicted molar refractivity (Wildman–Crippen MR) is 116 cm³/mol. The number of unbranched alkanes of at least 4 members (excludes halogenated alkanes) is 11. The predicted octanol–water partition coefficient (Wildman–Crippen LogP) is 7.00. The van der Waals surface area contributed by atoms with E-state index in [4.69, 9.17) is 0 Å². The van der Waals surface area contributed by atoms with Gasteiger partial charge < -0.3 is 5.32 Å². The largest absolute Gasteiger partial charge is 0.352 e. The summed E-state index contributed by atoms with van der Waals surface area (Å²) in [5, 5.41) is 3.15. The summed E-state index contributed by atoms with van der Waals surface area (Å²) in [5.74, 6) is 0.136. The Hall–Kier alpha value is -1.31. The van der Waals surface area contributed by atoms with E-state index < -0.39 is 0 Å². The fraction of sp³-hybridized carbons (Fsp3) is 0.720. The number of benzene rings is 1. The van der Waals surface area contributed by atoms with Gasteiger partial charge in [-0.15, -0.1) is 0 Å². The van der Waals surface area contributed by atoms with Crippen LogP contribution in [0.5, 0.6) is 0 Å². The number of hydrogen-bond acceptors (Lipinski definition) is 1. The summed E-state index contributed by atoms with van der Waals surface area (Å²) in [6.07, 6.45) is 20.9. The average Bonchev–Trinajstić information content (AvgIpc) is 2.71. The van der Waals surface area contributed by atoms with Gasteiger partial charge in [-0.1, -0.05) is 89.7 Å². The van der Waals surface area contributed by atoms with Crippen LogP contribution < -0.4 is 5.32 Å². The highest BCUT2D eigenvalue weighted by Crippen LogP contribution is 2.24. The van der Waals surface area contributed by atoms with Gasteiger partial charge in [-0.2, -0.15) is 0 Å². The molecule has 0 atom stereocenters. The van der Waals surface area contributed by atoms with Crippen molar-refractivity contribution in [1.29, 1.82) is 0 Å². The minimum absolute atomic E-state index is 0.136. The number of rotatable bonds is 14. The third-order valence-electron chi connectivity index (χ3n) is 5.96. The quantitative estimate of drug-likeness (QED) is 0.351. The van der Waals surface area contributed by atoms with Crippen LogP contribution in [0.2, 0.25) is 0 Å². The third kappa shape index (κ3) is 8.49. The molecule has 0 saturated carbocycles. The molecule has 2 heteroatoms. The van der Waals surface area contributed by atoms with E-state index in [1.807, 2.05) is 12.1 Å². The molecule has 0 spiro atoms. The van der Waals surface area contributed by atoms with Crippen LogP contribution in [-0.2, 0) is 12.8 Å². The summed E-state index contributed by atoms with van der Waals surface area (Å²) >= 11 is 0. The highest BCUT2D eigenvalue weighted by Gasteiger charge is 2.16. The van der Waals surface area contributed by atoms with E-state index >= 15 is 0 Å². The van der Waals surface area contributed by atoms with Gasteiger partial charge in [0, 0.05) is 12.1 Å². The normalized spacial score (nSPS) is 13.4. The van der Waals surface area contributed by atoms with Gasteiger partial charge in [0.1, 0.15) is 0 Å². The first-order valence-electron chi connectivity index (χ1n) is 11.7. The topological polar surface area (TPSA) is 29.1 Å². The van der Waals surface area contributed by atoms with Crippen molar-refractivity contribution in [3.63, 3.8) is 0 Å². The van der Waals surface area contributed by atoms with Crippen LogP contribution in [0.3, 0.4) is 0 Å². The molecule has 2 nitrogen and oxygen atoms in total. The summed E-state index contributed by atoms with van der Waals surface area (Å²) in [5.41, 5.74) is 3.61. The molecular formula is C25H41NO. The first-order valence-corrected chi connectivity index (χ1v) is 11.7. The van der Waals surface area contributed by atoms with E-state index in [9.17, 15) is 4.79 Å². The highest BCUT2D eigenvalue weighted by molar-refractivity contribution is 5.96. The first kappa shape index (κ1) is 22.0. The number of nitrogens with one attached hydrogen (secondary N) is 1. The highest BCUT2D eigenvalue weighted by atomic mass is 16.1. The van der Waals surface area contributed by atoms with Crippen molar-refractivity contribution in [2.75, 3.05) is 6.54 Å². The molecule has 0 unspecified atom stereocenters. The second kappa shape index (κ2) is 13.8. The zero-order chi connectivity index (χ0) is 19.2. The Morgan fingerprint density at radius 1 is 0.815 bits per heavy atom. The van der Waals surface area contributed by atoms with Crippen LogP contribution in [0.15, 0.2) is 18.2 Å². The summed E-state index contributed by atoms with van der Waals surface area (Å²) in [6, 6.07) is 6.24. The van der Waals surface area contributed by atoms with Crippen LogP contribution in [-0.4, -0.2) is 12.5 Å². The van der Waals surface area contributed by atoms with E-state index in [2.05, 4.69) is 18.3 Å². The number of aryl methyl sites for hydroxylation is 1. The smallest absolute Gasteiger partial charge is 0.251 e. The van der Waals surface area contributed by atoms with Crippen molar-refractivity contribution in [1.82, 2.24) is 5.32 Å². The van der Waals surface area contributed by atoms with E-state index in [0.717, 1.165) is 31.4 Å². The Labute approximate surface area is 167 Å². The third-order valence-corrected chi connectivity index (χ3v) is 5.96. The molecule has 0 aromatic heterocycles. The minimum atomic E-state index is 0.136. The van der Waals surface area contributed by atoms with E-state index in [-0.39, 0.29) is 5.91 Å². The van der Waals surface area contributed by atoms with Gasteiger partial charge in [-0.05, 0) is 49.3 Å². The molecule has 0 heterocycles. The summed E-state index contributed by atoms with van der Waals surface area (Å²) in [4.78, 5) is 12.5. The monoisotopic (exact) mass is 371 g/mol. The fourth-order valence-corrected chi connectivity index (χ4v) is 4.26. The zero-order valence-corrected chi connectivity index (χ0v) is 17.7. The Balaban J connectivity index is 1.47. The molecular weight excluding hydrogens is 330 g/mol. The maximum absolute atomic E-state index is 12.5. The molecule has 0 aliphatic heterocycles. The standard InChI is InChI=1S/C25H41NO/c1-2-3-4-5-6-7-8-9-10-11-12-15-21-26-25(27)24-20-16-18-22-17-13-14-19-23(22)24/h16,18,20H,2-15,17,19,21H2,1H3,(H,26,27). The zero-order valence-electron chi connectivity index (χ0n) is 17.7. The molecule has 1 amide bonds. The van der Waals surface area contributed by atoms with Gasteiger partial charge in [0.2, 0.25) is 0 Å². The molecule has 0 bridgehead atoms. The number of fused-ring (bicyclic) bond motifs is 1. The Morgan fingerprint density at radius 2 is 1.41 bits per heavy atom. The number of amides is 1. The first-order chi connectivity index (χ1) is 13.3. The molecule has 1 aliphatic carbocycles. The molecule has 0 radical (unpaired) electrons. The molecule has 1 aliphatic rings. The number of carbonyl (C=O) groups excluding carboxylic acids is 1. The van der Waals surface area contributed by atoms with Crippen molar-refractivity contribution in [2.45, 2.75) is 110 Å². The van der Waals surface area contributed by atoms with Crippen LogP contribution in [0, 0.1) is 0 Å². The van der Waals surface area contributed by atoms with Crippen molar-refractivity contribution in [2.24, 2.45) is 0 Å². The second-order valence-electron chi connectivity index (χ2n) is 8.30. The Bertz CT molecular complexity index is 537. The average molecular weight is 372 g/mol. The molecule has 1 aromatic rings. The van der Waals surface area contributed by atoms with Crippen LogP contribution in [0.1, 0.15) is 118 Å². The van der Waals surface area contributed by atoms with Crippen molar-refractivity contribution >= 4 is 5.91 Å².